The van der Waals surface area contributed by atoms with Crippen LogP contribution in [0.3, 0.4) is 0 Å². The van der Waals surface area contributed by atoms with Crippen LogP contribution in [0.2, 0.25) is 0 Å². The molecule has 1 unspecified atom stereocenters. The van der Waals surface area contributed by atoms with E-state index in [1.807, 2.05) is 66.0 Å². The molecule has 6 heteroatoms. The fourth-order valence-corrected chi connectivity index (χ4v) is 4.96. The molecule has 1 amide bonds. The maximum atomic E-state index is 14.2. The first-order valence-corrected chi connectivity index (χ1v) is 11.0. The van der Waals surface area contributed by atoms with Gasteiger partial charge in [-0.1, -0.05) is 54.6 Å². The molecule has 0 N–H and O–H groups in total. The zero-order valence-corrected chi connectivity index (χ0v) is 17.8. The number of hydrogen-bond acceptors (Lipinski definition) is 5. The summed E-state index contributed by atoms with van der Waals surface area (Å²) in [6.07, 6.45) is 4.01. The SMILES string of the molecule is O=C1C=CC(=O)C(C2(Cc3cccs3)C(=O)N(c3ccccc3)N=C2c2ccccc2)=C1. The van der Waals surface area contributed by atoms with Gasteiger partial charge in [0.25, 0.3) is 5.91 Å². The molecule has 0 bridgehead atoms. The van der Waals surface area contributed by atoms with Crippen molar-refractivity contribution >= 4 is 40.2 Å². The maximum Gasteiger partial charge on any atom is 0.264 e. The molecule has 32 heavy (non-hydrogen) atoms. The summed E-state index contributed by atoms with van der Waals surface area (Å²) < 4.78 is 0. The van der Waals surface area contributed by atoms with E-state index in [4.69, 9.17) is 5.10 Å². The van der Waals surface area contributed by atoms with E-state index in [1.54, 1.807) is 12.1 Å². The summed E-state index contributed by atoms with van der Waals surface area (Å²) in [5.74, 6) is -1.02. The lowest BCUT2D eigenvalue weighted by Crippen LogP contribution is -2.46. The summed E-state index contributed by atoms with van der Waals surface area (Å²) in [6, 6.07) is 22.3. The predicted molar refractivity (Wildman–Crippen MR) is 125 cm³/mol. The van der Waals surface area contributed by atoms with E-state index in [-0.39, 0.29) is 29.5 Å². The van der Waals surface area contributed by atoms with Gasteiger partial charge in [-0.15, -0.1) is 11.3 Å². The Balaban J connectivity index is 1.78. The van der Waals surface area contributed by atoms with Gasteiger partial charge in [-0.2, -0.15) is 10.1 Å². The number of para-hydroxylation sites is 1. The number of ketones is 2. The highest BCUT2D eigenvalue weighted by molar-refractivity contribution is 7.09. The fourth-order valence-electron chi connectivity index (χ4n) is 4.17. The van der Waals surface area contributed by atoms with Gasteiger partial charge in [0.2, 0.25) is 0 Å². The lowest BCUT2D eigenvalue weighted by atomic mass is 9.68. The molecule has 5 nitrogen and oxygen atoms in total. The average Bonchev–Trinajstić information content (AvgIpc) is 3.44. The smallest absolute Gasteiger partial charge is 0.264 e. The first kappa shape index (κ1) is 20.0. The largest absolute Gasteiger partial charge is 0.290 e. The molecular weight excluding hydrogens is 420 g/mol. The number of nitrogens with zero attached hydrogens (tertiary/aromatic N) is 2. The van der Waals surface area contributed by atoms with Crippen molar-refractivity contribution in [2.24, 2.45) is 10.5 Å². The van der Waals surface area contributed by atoms with Crippen LogP contribution in [0.15, 0.2) is 107 Å². The lowest BCUT2D eigenvalue weighted by molar-refractivity contribution is -0.124. The van der Waals surface area contributed by atoms with Gasteiger partial charge in [-0.3, -0.25) is 14.4 Å². The first-order chi connectivity index (χ1) is 15.6. The van der Waals surface area contributed by atoms with E-state index in [0.29, 0.717) is 11.4 Å². The zero-order chi connectivity index (χ0) is 22.1. The molecule has 0 radical (unpaired) electrons. The second kappa shape index (κ2) is 7.98. The Labute approximate surface area is 189 Å². The van der Waals surface area contributed by atoms with Crippen molar-refractivity contribution in [1.82, 2.24) is 0 Å². The van der Waals surface area contributed by atoms with E-state index in [1.165, 1.54) is 34.6 Å². The van der Waals surface area contributed by atoms with Crippen LogP contribution in [0.25, 0.3) is 0 Å². The summed E-state index contributed by atoms with van der Waals surface area (Å²) >= 11 is 1.50. The molecule has 1 atom stereocenters. The molecule has 156 valence electrons. The normalized spacial score (nSPS) is 20.5. The molecule has 2 aliphatic rings. The van der Waals surface area contributed by atoms with Gasteiger partial charge < -0.3 is 0 Å². The highest BCUT2D eigenvalue weighted by Crippen LogP contribution is 2.45. The minimum absolute atomic E-state index is 0.157. The molecule has 0 saturated heterocycles. The van der Waals surface area contributed by atoms with E-state index in [0.717, 1.165) is 10.4 Å². The summed E-state index contributed by atoms with van der Waals surface area (Å²) in [5.41, 5.74) is 0.531. The van der Waals surface area contributed by atoms with Crippen molar-refractivity contribution in [3.8, 4) is 0 Å². The Bertz CT molecular complexity index is 1290. The average molecular weight is 439 g/mol. The number of benzene rings is 2. The van der Waals surface area contributed by atoms with Gasteiger partial charge in [0.15, 0.2) is 11.6 Å². The number of amides is 1. The second-order valence-corrected chi connectivity index (χ2v) is 8.62. The molecule has 1 aliphatic heterocycles. The molecule has 2 heterocycles. The lowest BCUT2D eigenvalue weighted by Gasteiger charge is -2.31. The third-order valence-corrected chi connectivity index (χ3v) is 6.52. The number of allylic oxidation sites excluding steroid dienone is 3. The molecule has 1 aromatic heterocycles. The number of carbonyl (C=O) groups is 3. The molecule has 0 spiro atoms. The number of hydrazone groups is 1. The molecule has 0 fully saturated rings. The van der Waals surface area contributed by atoms with Crippen molar-refractivity contribution in [3.63, 3.8) is 0 Å². The summed E-state index contributed by atoms with van der Waals surface area (Å²) in [5, 5.41) is 8.04. The van der Waals surface area contributed by atoms with E-state index >= 15 is 0 Å². The molecule has 3 aromatic rings. The van der Waals surface area contributed by atoms with Crippen LogP contribution in [0, 0.1) is 5.41 Å². The van der Waals surface area contributed by atoms with Crippen molar-refractivity contribution in [2.75, 3.05) is 5.01 Å². The van der Waals surface area contributed by atoms with Gasteiger partial charge in [-0.25, -0.2) is 0 Å². The molecular formula is C26H18N2O3S. The number of thiophene rings is 1. The quantitative estimate of drug-likeness (QED) is 0.556. The molecule has 1 aliphatic carbocycles. The topological polar surface area (TPSA) is 66.8 Å². The van der Waals surface area contributed by atoms with Crippen LogP contribution >= 0.6 is 11.3 Å². The Morgan fingerprint density at radius 3 is 2.25 bits per heavy atom. The third kappa shape index (κ3) is 3.25. The minimum Gasteiger partial charge on any atom is -0.290 e. The summed E-state index contributed by atoms with van der Waals surface area (Å²) in [6.45, 7) is 0. The van der Waals surface area contributed by atoms with Crippen molar-refractivity contribution in [1.29, 1.82) is 0 Å². The number of hydrogen-bond donors (Lipinski definition) is 0. The van der Waals surface area contributed by atoms with E-state index < -0.39 is 5.41 Å². The maximum absolute atomic E-state index is 14.2. The standard InChI is InChI=1S/C26H18N2O3S/c29-20-13-14-23(30)22(16-20)26(17-21-12-7-15-32-21)24(18-8-3-1-4-9-18)27-28(25(26)31)19-10-5-2-6-11-19/h1-16H,17H2. The highest BCUT2D eigenvalue weighted by Gasteiger charge is 2.56. The fraction of sp³-hybridized carbons (Fsp3) is 0.0769. The van der Waals surface area contributed by atoms with Gasteiger partial charge in [0, 0.05) is 16.9 Å². The van der Waals surface area contributed by atoms with E-state index in [2.05, 4.69) is 0 Å². The van der Waals surface area contributed by atoms with Crippen molar-refractivity contribution in [3.05, 3.63) is 112 Å². The van der Waals surface area contributed by atoms with Gasteiger partial charge in [0.1, 0.15) is 5.41 Å². The van der Waals surface area contributed by atoms with Gasteiger partial charge >= 0.3 is 0 Å². The Hall–Kier alpha value is -3.90. The number of carbonyl (C=O) groups excluding carboxylic acids is 3. The predicted octanol–water partition coefficient (Wildman–Crippen LogP) is 4.36. The highest BCUT2D eigenvalue weighted by atomic mass is 32.1. The second-order valence-electron chi connectivity index (χ2n) is 7.59. The Kier molecular flexibility index (Phi) is 4.99. The zero-order valence-electron chi connectivity index (χ0n) is 17.0. The Morgan fingerprint density at radius 2 is 1.56 bits per heavy atom. The van der Waals surface area contributed by atoms with Crippen LogP contribution in [-0.2, 0) is 20.8 Å². The number of rotatable bonds is 5. The van der Waals surface area contributed by atoms with Gasteiger partial charge in [0.05, 0.1) is 11.4 Å². The minimum atomic E-state index is -1.42. The van der Waals surface area contributed by atoms with Crippen LogP contribution in [0.4, 0.5) is 5.69 Å². The molecule has 5 rings (SSSR count). The van der Waals surface area contributed by atoms with Crippen LogP contribution in [0.1, 0.15) is 10.4 Å². The Morgan fingerprint density at radius 1 is 0.844 bits per heavy atom. The van der Waals surface area contributed by atoms with E-state index in [9.17, 15) is 14.4 Å². The number of anilines is 1. The molecule has 0 saturated carbocycles. The molecule has 2 aromatic carbocycles. The van der Waals surface area contributed by atoms with Crippen molar-refractivity contribution in [2.45, 2.75) is 6.42 Å². The van der Waals surface area contributed by atoms with Crippen molar-refractivity contribution < 1.29 is 14.4 Å². The van der Waals surface area contributed by atoms with Gasteiger partial charge in [-0.05, 0) is 47.4 Å². The monoisotopic (exact) mass is 438 g/mol. The summed E-state index contributed by atoms with van der Waals surface area (Å²) in [4.78, 5) is 40.5. The summed E-state index contributed by atoms with van der Waals surface area (Å²) in [7, 11) is 0. The van der Waals surface area contributed by atoms with Crippen LogP contribution in [-0.4, -0.2) is 23.2 Å². The van der Waals surface area contributed by atoms with Crippen LogP contribution in [0.5, 0.6) is 0 Å². The van der Waals surface area contributed by atoms with Crippen LogP contribution < -0.4 is 5.01 Å². The first-order valence-electron chi connectivity index (χ1n) is 10.1. The third-order valence-electron chi connectivity index (χ3n) is 5.64.